The standard InChI is InChI=1S/C15H15Cl2N3O/c1-3-9(2)10-6-4-5-7-12(10)18-15(21)11-8-13(16)19-20-14(11)17/h4-9H,3H2,1-2H3,(H,18,21). The fraction of sp³-hybridized carbons (Fsp3) is 0.267. The molecule has 1 amide bonds. The summed E-state index contributed by atoms with van der Waals surface area (Å²) in [6, 6.07) is 9.10. The van der Waals surface area contributed by atoms with Gasteiger partial charge in [0.05, 0.1) is 5.56 Å². The van der Waals surface area contributed by atoms with Crippen molar-refractivity contribution in [2.45, 2.75) is 26.2 Å². The Labute approximate surface area is 133 Å². The molecule has 1 atom stereocenters. The highest BCUT2D eigenvalue weighted by molar-refractivity contribution is 6.34. The maximum absolute atomic E-state index is 12.3. The molecule has 0 aliphatic rings. The normalized spacial score (nSPS) is 12.0. The minimum absolute atomic E-state index is 0.0259. The van der Waals surface area contributed by atoms with E-state index in [1.165, 1.54) is 6.07 Å². The fourth-order valence-electron chi connectivity index (χ4n) is 1.96. The van der Waals surface area contributed by atoms with Crippen LogP contribution in [0.2, 0.25) is 10.3 Å². The first kappa shape index (κ1) is 15.7. The van der Waals surface area contributed by atoms with Crippen LogP contribution in [0.1, 0.15) is 42.1 Å². The molecule has 110 valence electrons. The quantitative estimate of drug-likeness (QED) is 0.897. The number of hydrogen-bond acceptors (Lipinski definition) is 3. The molecular weight excluding hydrogens is 309 g/mol. The molecule has 0 spiro atoms. The zero-order valence-electron chi connectivity index (χ0n) is 11.7. The lowest BCUT2D eigenvalue weighted by Crippen LogP contribution is -2.15. The lowest BCUT2D eigenvalue weighted by molar-refractivity contribution is 0.102. The van der Waals surface area contributed by atoms with Crippen molar-refractivity contribution >= 4 is 34.8 Å². The van der Waals surface area contributed by atoms with Crippen LogP contribution in [0.5, 0.6) is 0 Å². The molecule has 0 radical (unpaired) electrons. The molecule has 21 heavy (non-hydrogen) atoms. The van der Waals surface area contributed by atoms with Crippen molar-refractivity contribution in [1.29, 1.82) is 0 Å². The number of benzene rings is 1. The van der Waals surface area contributed by atoms with Crippen LogP contribution in [0.25, 0.3) is 0 Å². The van der Waals surface area contributed by atoms with Crippen molar-refractivity contribution in [2.75, 3.05) is 5.32 Å². The van der Waals surface area contributed by atoms with Crippen LogP contribution >= 0.6 is 23.2 Å². The molecule has 1 unspecified atom stereocenters. The number of halogens is 2. The summed E-state index contributed by atoms with van der Waals surface area (Å²) in [5.74, 6) is -0.0105. The van der Waals surface area contributed by atoms with Gasteiger partial charge >= 0.3 is 0 Å². The number of carbonyl (C=O) groups is 1. The lowest BCUT2D eigenvalue weighted by atomic mass is 9.97. The SMILES string of the molecule is CCC(C)c1ccccc1NC(=O)c1cc(Cl)nnc1Cl. The molecule has 1 aromatic carbocycles. The van der Waals surface area contributed by atoms with Crippen molar-refractivity contribution in [1.82, 2.24) is 10.2 Å². The second kappa shape index (κ2) is 6.87. The molecule has 0 saturated carbocycles. The summed E-state index contributed by atoms with van der Waals surface area (Å²) in [5.41, 5.74) is 2.05. The van der Waals surface area contributed by atoms with E-state index in [1.54, 1.807) is 0 Å². The number of rotatable bonds is 4. The van der Waals surface area contributed by atoms with Crippen LogP contribution in [0.4, 0.5) is 5.69 Å². The van der Waals surface area contributed by atoms with Gasteiger partial charge in [-0.3, -0.25) is 4.79 Å². The predicted octanol–water partition coefficient (Wildman–Crippen LogP) is 4.55. The largest absolute Gasteiger partial charge is 0.322 e. The first-order chi connectivity index (χ1) is 10.0. The lowest BCUT2D eigenvalue weighted by Gasteiger charge is -2.15. The smallest absolute Gasteiger partial charge is 0.258 e. The van der Waals surface area contributed by atoms with Crippen LogP contribution in [-0.4, -0.2) is 16.1 Å². The summed E-state index contributed by atoms with van der Waals surface area (Å²) in [7, 11) is 0. The molecule has 4 nitrogen and oxygen atoms in total. The molecule has 0 fully saturated rings. The Bertz CT molecular complexity index is 661. The number of para-hydroxylation sites is 1. The highest BCUT2D eigenvalue weighted by Gasteiger charge is 2.16. The summed E-state index contributed by atoms with van der Waals surface area (Å²) in [4.78, 5) is 12.3. The Morgan fingerprint density at radius 1 is 1.29 bits per heavy atom. The van der Waals surface area contributed by atoms with Crippen molar-refractivity contribution in [3.05, 3.63) is 51.8 Å². The van der Waals surface area contributed by atoms with Crippen LogP contribution in [-0.2, 0) is 0 Å². The highest BCUT2D eigenvalue weighted by atomic mass is 35.5. The van der Waals surface area contributed by atoms with Crippen LogP contribution in [0, 0.1) is 0 Å². The van der Waals surface area contributed by atoms with Gasteiger partial charge in [0.15, 0.2) is 10.3 Å². The van der Waals surface area contributed by atoms with Crippen LogP contribution in [0.15, 0.2) is 30.3 Å². The minimum Gasteiger partial charge on any atom is -0.322 e. The van der Waals surface area contributed by atoms with Crippen molar-refractivity contribution in [2.24, 2.45) is 0 Å². The maximum Gasteiger partial charge on any atom is 0.258 e. The zero-order chi connectivity index (χ0) is 15.4. The second-order valence-corrected chi connectivity index (χ2v) is 5.47. The van der Waals surface area contributed by atoms with E-state index in [4.69, 9.17) is 23.2 Å². The summed E-state index contributed by atoms with van der Waals surface area (Å²) in [5, 5.41) is 10.2. The van der Waals surface area contributed by atoms with Crippen molar-refractivity contribution < 1.29 is 4.79 Å². The van der Waals surface area contributed by atoms with Gasteiger partial charge in [0, 0.05) is 5.69 Å². The third-order valence-corrected chi connectivity index (χ3v) is 3.78. The molecule has 1 aromatic heterocycles. The average Bonchev–Trinajstić information content (AvgIpc) is 2.49. The molecule has 2 rings (SSSR count). The van der Waals surface area contributed by atoms with Gasteiger partial charge in [-0.25, -0.2) is 0 Å². The zero-order valence-corrected chi connectivity index (χ0v) is 13.2. The molecule has 0 bridgehead atoms. The van der Waals surface area contributed by atoms with Gasteiger partial charge in [-0.1, -0.05) is 55.2 Å². The highest BCUT2D eigenvalue weighted by Crippen LogP contribution is 2.27. The fourth-order valence-corrected chi connectivity index (χ4v) is 2.29. The molecule has 1 heterocycles. The number of nitrogens with one attached hydrogen (secondary N) is 1. The van der Waals surface area contributed by atoms with Crippen molar-refractivity contribution in [3.63, 3.8) is 0 Å². The van der Waals surface area contributed by atoms with Gasteiger partial charge in [0.1, 0.15) is 0 Å². The van der Waals surface area contributed by atoms with Gasteiger partial charge in [-0.05, 0) is 30.0 Å². The maximum atomic E-state index is 12.3. The Morgan fingerprint density at radius 2 is 2.00 bits per heavy atom. The number of hydrogen-bond donors (Lipinski definition) is 1. The van der Waals surface area contributed by atoms with E-state index in [9.17, 15) is 4.79 Å². The monoisotopic (exact) mass is 323 g/mol. The summed E-state index contributed by atoms with van der Waals surface area (Å²) in [6.07, 6.45) is 0.982. The third-order valence-electron chi connectivity index (χ3n) is 3.32. The number of carbonyl (C=O) groups excluding carboxylic acids is 1. The first-order valence-corrected chi connectivity index (χ1v) is 7.37. The number of anilines is 1. The third kappa shape index (κ3) is 3.71. The summed E-state index contributed by atoms with van der Waals surface area (Å²) in [6.45, 7) is 4.22. The van der Waals surface area contributed by atoms with E-state index in [2.05, 4.69) is 29.4 Å². The molecule has 2 aromatic rings. The van der Waals surface area contributed by atoms with Gasteiger partial charge in [0.25, 0.3) is 5.91 Å². The van der Waals surface area contributed by atoms with Crippen LogP contribution < -0.4 is 5.32 Å². The van der Waals surface area contributed by atoms with E-state index < -0.39 is 0 Å². The molecule has 6 heteroatoms. The van der Waals surface area contributed by atoms with Gasteiger partial charge < -0.3 is 5.32 Å². The average molecular weight is 324 g/mol. The summed E-state index contributed by atoms with van der Waals surface area (Å²) >= 11 is 11.6. The topological polar surface area (TPSA) is 54.9 Å². The molecular formula is C15H15Cl2N3O. The Kier molecular flexibility index (Phi) is 5.15. The van der Waals surface area contributed by atoms with Crippen molar-refractivity contribution in [3.8, 4) is 0 Å². The Balaban J connectivity index is 2.30. The number of amides is 1. The number of aromatic nitrogens is 2. The van der Waals surface area contributed by atoms with E-state index >= 15 is 0 Å². The predicted molar refractivity (Wildman–Crippen MR) is 85.2 cm³/mol. The van der Waals surface area contributed by atoms with Gasteiger partial charge in [0.2, 0.25) is 0 Å². The van der Waals surface area contributed by atoms with E-state index in [1.807, 2.05) is 24.3 Å². The summed E-state index contributed by atoms with van der Waals surface area (Å²) < 4.78 is 0. The van der Waals surface area contributed by atoms with E-state index in [0.717, 1.165) is 17.7 Å². The Hall–Kier alpha value is -1.65. The first-order valence-electron chi connectivity index (χ1n) is 6.62. The molecule has 0 aliphatic carbocycles. The van der Waals surface area contributed by atoms with E-state index in [-0.39, 0.29) is 21.8 Å². The molecule has 0 aliphatic heterocycles. The molecule has 1 N–H and O–H groups in total. The van der Waals surface area contributed by atoms with Crippen LogP contribution in [0.3, 0.4) is 0 Å². The van der Waals surface area contributed by atoms with Gasteiger partial charge in [-0.15, -0.1) is 10.2 Å². The number of nitrogens with zero attached hydrogens (tertiary/aromatic N) is 2. The minimum atomic E-state index is -0.354. The Morgan fingerprint density at radius 3 is 2.71 bits per heavy atom. The van der Waals surface area contributed by atoms with Gasteiger partial charge in [-0.2, -0.15) is 0 Å². The molecule has 0 saturated heterocycles. The van der Waals surface area contributed by atoms with E-state index in [0.29, 0.717) is 5.92 Å². The second-order valence-electron chi connectivity index (χ2n) is 4.72.